The molecule has 0 saturated carbocycles. The van der Waals surface area contributed by atoms with Gasteiger partial charge >= 0.3 is 0 Å². The van der Waals surface area contributed by atoms with E-state index in [2.05, 4.69) is 30.4 Å². The van der Waals surface area contributed by atoms with Crippen LogP contribution in [-0.2, 0) is 7.05 Å². The van der Waals surface area contributed by atoms with Crippen molar-refractivity contribution in [3.8, 4) is 11.4 Å². The largest absolute Gasteiger partial charge is 0.395 e. The van der Waals surface area contributed by atoms with Crippen LogP contribution in [0.2, 0.25) is 0 Å². The molecule has 0 saturated heterocycles. The van der Waals surface area contributed by atoms with Gasteiger partial charge in [0.05, 0.1) is 17.9 Å². The van der Waals surface area contributed by atoms with E-state index in [0.29, 0.717) is 18.0 Å². The number of aliphatic hydroxyl groups is 1. The monoisotopic (exact) mass is 287 g/mol. The second kappa shape index (κ2) is 5.13. The first-order chi connectivity index (χ1) is 10.1. The second-order valence-electron chi connectivity index (χ2n) is 4.83. The molecule has 0 aliphatic heterocycles. The number of fused-ring (bicyclic) bond motifs is 1. The van der Waals surface area contributed by atoms with Gasteiger partial charge in [0.15, 0.2) is 11.5 Å². The first kappa shape index (κ1) is 13.5. The van der Waals surface area contributed by atoms with Crippen LogP contribution in [0.25, 0.3) is 22.6 Å². The molecule has 0 fully saturated rings. The number of nitrogens with zero attached hydrogens (tertiary/aromatic N) is 5. The summed E-state index contributed by atoms with van der Waals surface area (Å²) in [4.78, 5) is 16.1. The van der Waals surface area contributed by atoms with E-state index in [9.17, 15) is 0 Å². The van der Waals surface area contributed by atoms with Crippen LogP contribution < -0.4 is 5.32 Å². The first-order valence-electron chi connectivity index (χ1n) is 6.68. The summed E-state index contributed by atoms with van der Waals surface area (Å²) < 4.78 is 1.83. The molecule has 0 amide bonds. The molecule has 21 heavy (non-hydrogen) atoms. The number of aromatic amines is 1. The highest BCUT2D eigenvalue weighted by molar-refractivity contribution is 5.85. The maximum absolute atomic E-state index is 8.92. The molecule has 8 nitrogen and oxygen atoms in total. The molecule has 110 valence electrons. The quantitative estimate of drug-likeness (QED) is 0.655. The Morgan fingerprint density at radius 1 is 1.33 bits per heavy atom. The third-order valence-electron chi connectivity index (χ3n) is 3.44. The van der Waals surface area contributed by atoms with Crippen LogP contribution >= 0.6 is 0 Å². The number of nitrogens with one attached hydrogen (secondary N) is 2. The predicted molar refractivity (Wildman–Crippen MR) is 78.9 cm³/mol. The van der Waals surface area contributed by atoms with E-state index in [1.165, 1.54) is 6.33 Å². The van der Waals surface area contributed by atoms with Gasteiger partial charge in [0, 0.05) is 19.3 Å². The lowest BCUT2D eigenvalue weighted by molar-refractivity contribution is 0.311. The summed E-state index contributed by atoms with van der Waals surface area (Å²) in [5, 5.41) is 16.4. The highest BCUT2D eigenvalue weighted by atomic mass is 16.3. The van der Waals surface area contributed by atoms with E-state index < -0.39 is 0 Å². The van der Waals surface area contributed by atoms with E-state index in [1.54, 1.807) is 0 Å². The van der Waals surface area contributed by atoms with Gasteiger partial charge in [-0.25, -0.2) is 15.0 Å². The Morgan fingerprint density at radius 3 is 2.81 bits per heavy atom. The highest BCUT2D eigenvalue weighted by Gasteiger charge is 2.17. The Hall–Kier alpha value is -2.48. The maximum Gasteiger partial charge on any atom is 0.183 e. The van der Waals surface area contributed by atoms with Gasteiger partial charge in [-0.05, 0) is 13.8 Å². The van der Waals surface area contributed by atoms with Crippen molar-refractivity contribution in [3.05, 3.63) is 17.7 Å². The van der Waals surface area contributed by atoms with Gasteiger partial charge in [-0.2, -0.15) is 5.10 Å². The summed E-state index contributed by atoms with van der Waals surface area (Å²) in [6.45, 7) is 4.41. The summed E-state index contributed by atoms with van der Waals surface area (Å²) in [7, 11) is 1.91. The van der Waals surface area contributed by atoms with Crippen molar-refractivity contribution in [2.45, 2.75) is 13.8 Å². The van der Waals surface area contributed by atoms with Gasteiger partial charge in [-0.3, -0.25) is 4.68 Å². The average molecular weight is 287 g/mol. The molecular formula is C13H17N7O. The van der Waals surface area contributed by atoms with Crippen molar-refractivity contribution in [3.63, 3.8) is 0 Å². The fourth-order valence-corrected chi connectivity index (χ4v) is 2.37. The molecule has 0 aromatic carbocycles. The van der Waals surface area contributed by atoms with Crippen LogP contribution in [0.3, 0.4) is 0 Å². The molecule has 3 aromatic rings. The number of hydrogen-bond donors (Lipinski definition) is 3. The van der Waals surface area contributed by atoms with E-state index in [1.807, 2.05) is 25.6 Å². The molecule has 3 rings (SSSR count). The molecule has 3 heterocycles. The van der Waals surface area contributed by atoms with Crippen molar-refractivity contribution in [1.29, 1.82) is 0 Å². The molecule has 0 unspecified atom stereocenters. The fraction of sp³-hybridized carbons (Fsp3) is 0.385. The first-order valence-corrected chi connectivity index (χ1v) is 6.68. The number of aryl methyl sites for hydroxylation is 2. The Labute approximate surface area is 121 Å². The summed E-state index contributed by atoms with van der Waals surface area (Å²) in [5.74, 6) is 1.35. The molecule has 0 aliphatic rings. The van der Waals surface area contributed by atoms with Crippen molar-refractivity contribution in [2.24, 2.45) is 7.05 Å². The lowest BCUT2D eigenvalue weighted by Crippen LogP contribution is -2.07. The lowest BCUT2D eigenvalue weighted by Gasteiger charge is -2.02. The Morgan fingerprint density at radius 2 is 2.14 bits per heavy atom. The van der Waals surface area contributed by atoms with Crippen molar-refractivity contribution in [1.82, 2.24) is 29.7 Å². The number of imidazole rings is 1. The van der Waals surface area contributed by atoms with E-state index >= 15 is 0 Å². The molecule has 0 atom stereocenters. The summed E-state index contributed by atoms with van der Waals surface area (Å²) in [6.07, 6.45) is 1.45. The third kappa shape index (κ3) is 2.23. The zero-order valence-electron chi connectivity index (χ0n) is 12.2. The Kier molecular flexibility index (Phi) is 3.30. The fourth-order valence-electron chi connectivity index (χ4n) is 2.37. The van der Waals surface area contributed by atoms with Gasteiger partial charge in [-0.1, -0.05) is 0 Å². The lowest BCUT2D eigenvalue weighted by atomic mass is 10.2. The van der Waals surface area contributed by atoms with Gasteiger partial charge in [0.2, 0.25) is 0 Å². The van der Waals surface area contributed by atoms with Crippen LogP contribution in [0.4, 0.5) is 5.82 Å². The number of aliphatic hydroxyl groups excluding tert-OH is 1. The molecule has 0 spiro atoms. The van der Waals surface area contributed by atoms with Gasteiger partial charge in [-0.15, -0.1) is 0 Å². The molecule has 3 aromatic heterocycles. The minimum Gasteiger partial charge on any atom is -0.395 e. The normalized spacial score (nSPS) is 11.2. The van der Waals surface area contributed by atoms with Crippen LogP contribution in [-0.4, -0.2) is 48.0 Å². The standard InChI is InChI=1S/C13H17N7O/c1-7-9(8(2)20(3)19-7)11-17-10-12(14-4-5-21)15-6-16-13(10)18-11/h6,21H,4-5H2,1-3H3,(H2,14,15,16,17,18). The van der Waals surface area contributed by atoms with Crippen LogP contribution in [0, 0.1) is 13.8 Å². The minimum atomic E-state index is 0.0350. The second-order valence-corrected chi connectivity index (χ2v) is 4.83. The van der Waals surface area contributed by atoms with Crippen LogP contribution in [0.1, 0.15) is 11.4 Å². The average Bonchev–Trinajstić information content (AvgIpc) is 2.98. The van der Waals surface area contributed by atoms with Gasteiger partial charge < -0.3 is 15.4 Å². The Bertz CT molecular complexity index is 789. The Balaban J connectivity index is 2.13. The zero-order valence-corrected chi connectivity index (χ0v) is 12.2. The van der Waals surface area contributed by atoms with E-state index in [0.717, 1.165) is 28.3 Å². The molecule has 0 radical (unpaired) electrons. The van der Waals surface area contributed by atoms with E-state index in [-0.39, 0.29) is 6.61 Å². The number of anilines is 1. The van der Waals surface area contributed by atoms with Gasteiger partial charge in [0.1, 0.15) is 17.7 Å². The third-order valence-corrected chi connectivity index (χ3v) is 3.44. The smallest absolute Gasteiger partial charge is 0.183 e. The highest BCUT2D eigenvalue weighted by Crippen LogP contribution is 2.27. The maximum atomic E-state index is 8.92. The molecule has 3 N–H and O–H groups in total. The summed E-state index contributed by atoms with van der Waals surface area (Å²) in [6, 6.07) is 0. The predicted octanol–water partition coefficient (Wildman–Crippen LogP) is 0.774. The molecule has 8 heteroatoms. The zero-order chi connectivity index (χ0) is 15.0. The topological polar surface area (TPSA) is 105 Å². The van der Waals surface area contributed by atoms with E-state index in [4.69, 9.17) is 5.11 Å². The summed E-state index contributed by atoms with van der Waals surface area (Å²) >= 11 is 0. The molecule has 0 aliphatic carbocycles. The number of H-pyrrole nitrogens is 1. The summed E-state index contributed by atoms with van der Waals surface area (Å²) in [5.41, 5.74) is 4.23. The number of rotatable bonds is 4. The van der Waals surface area contributed by atoms with Crippen molar-refractivity contribution >= 4 is 17.0 Å². The van der Waals surface area contributed by atoms with Crippen LogP contribution in [0.5, 0.6) is 0 Å². The minimum absolute atomic E-state index is 0.0350. The van der Waals surface area contributed by atoms with Crippen LogP contribution in [0.15, 0.2) is 6.33 Å². The SMILES string of the molecule is Cc1nn(C)c(C)c1-c1nc2ncnc(NCCO)c2[nH]1. The van der Waals surface area contributed by atoms with Crippen molar-refractivity contribution < 1.29 is 5.11 Å². The molecular weight excluding hydrogens is 270 g/mol. The number of hydrogen-bond acceptors (Lipinski definition) is 6. The van der Waals surface area contributed by atoms with Gasteiger partial charge in [0.25, 0.3) is 0 Å². The van der Waals surface area contributed by atoms with Crippen molar-refractivity contribution in [2.75, 3.05) is 18.5 Å². The number of aromatic nitrogens is 6. The molecule has 0 bridgehead atoms.